The third kappa shape index (κ3) is 8.35. The maximum absolute atomic E-state index is 13.6. The zero-order chi connectivity index (χ0) is 30.9. The molecule has 232 valence electrons. The fraction of sp³-hybridized carbons (Fsp3) is 0.382. The lowest BCUT2D eigenvalue weighted by molar-refractivity contribution is -0.154. The summed E-state index contributed by atoms with van der Waals surface area (Å²) in [5.41, 5.74) is 3.47. The molecule has 1 aliphatic heterocycles. The van der Waals surface area contributed by atoms with Crippen molar-refractivity contribution in [2.75, 3.05) is 33.4 Å². The monoisotopic (exact) mass is 604 g/mol. The highest BCUT2D eigenvalue weighted by Gasteiger charge is 2.28. The molecule has 0 aliphatic carbocycles. The Morgan fingerprint density at radius 2 is 1.86 bits per heavy atom. The van der Waals surface area contributed by atoms with Gasteiger partial charge in [0.2, 0.25) is 0 Å². The lowest BCUT2D eigenvalue weighted by Crippen LogP contribution is -2.42. The van der Waals surface area contributed by atoms with Gasteiger partial charge in [0.15, 0.2) is 5.58 Å². The number of ether oxygens (including phenoxy) is 3. The van der Waals surface area contributed by atoms with Gasteiger partial charge in [0.25, 0.3) is 0 Å². The summed E-state index contributed by atoms with van der Waals surface area (Å²) >= 11 is 0. The summed E-state index contributed by atoms with van der Waals surface area (Å²) < 4.78 is 36.3. The Hall–Kier alpha value is -4.44. The van der Waals surface area contributed by atoms with Gasteiger partial charge in [-0.15, -0.1) is 0 Å². The number of fused-ring (bicyclic) bond motifs is 1. The topological polar surface area (TPSA) is 111 Å². The number of carbonyl (C=O) groups is 2. The smallest absolute Gasteiger partial charge is 0.306 e. The number of para-hydroxylation sites is 1. The predicted octanol–water partition coefficient (Wildman–Crippen LogP) is 5.80. The van der Waals surface area contributed by atoms with Crippen LogP contribution in [0.3, 0.4) is 0 Å². The highest BCUT2D eigenvalue weighted by Crippen LogP contribution is 2.33. The number of nitrogens with zero attached hydrogens (tertiary/aromatic N) is 2. The molecule has 5 rings (SSSR count). The molecule has 1 saturated heterocycles. The Morgan fingerprint density at radius 1 is 1.05 bits per heavy atom. The van der Waals surface area contributed by atoms with Gasteiger partial charge in [-0.05, 0) is 80.2 Å². The number of carboxylic acid groups (broad SMARTS) is 1. The van der Waals surface area contributed by atoms with Crippen molar-refractivity contribution >= 4 is 22.9 Å². The molecule has 9 nitrogen and oxygen atoms in total. The number of piperidine rings is 1. The Kier molecular flexibility index (Phi) is 10.5. The average Bonchev–Trinajstić information content (AvgIpc) is 3.45. The van der Waals surface area contributed by atoms with E-state index in [0.717, 1.165) is 72.5 Å². The van der Waals surface area contributed by atoms with Crippen molar-refractivity contribution in [1.82, 2.24) is 10.1 Å². The first kappa shape index (κ1) is 31.0. The Balaban J connectivity index is 1.20. The van der Waals surface area contributed by atoms with E-state index in [4.69, 9.17) is 23.8 Å². The number of hydrogen-bond acceptors (Lipinski definition) is 8. The van der Waals surface area contributed by atoms with Crippen LogP contribution in [-0.4, -0.2) is 66.6 Å². The summed E-state index contributed by atoms with van der Waals surface area (Å²) in [6.07, 6.45) is 2.10. The van der Waals surface area contributed by atoms with Crippen LogP contribution in [0.4, 0.5) is 4.39 Å². The van der Waals surface area contributed by atoms with E-state index in [1.165, 1.54) is 12.1 Å². The van der Waals surface area contributed by atoms with Gasteiger partial charge < -0.3 is 23.8 Å². The molecule has 3 aromatic carbocycles. The number of carbonyl (C=O) groups excluding carboxylic acids is 1. The van der Waals surface area contributed by atoms with Gasteiger partial charge in [-0.3, -0.25) is 14.5 Å². The maximum Gasteiger partial charge on any atom is 0.306 e. The number of halogens is 1. The van der Waals surface area contributed by atoms with Crippen molar-refractivity contribution in [3.63, 3.8) is 0 Å². The van der Waals surface area contributed by atoms with Crippen LogP contribution in [0.1, 0.15) is 48.4 Å². The minimum absolute atomic E-state index is 0.133. The molecule has 0 radical (unpaired) electrons. The second kappa shape index (κ2) is 14.8. The van der Waals surface area contributed by atoms with Crippen molar-refractivity contribution in [2.24, 2.45) is 0 Å². The fourth-order valence-corrected chi connectivity index (χ4v) is 5.62. The van der Waals surface area contributed by atoms with Crippen LogP contribution in [0, 0.1) is 5.82 Å². The lowest BCUT2D eigenvalue weighted by Gasteiger charge is -2.33. The zero-order valence-corrected chi connectivity index (χ0v) is 24.7. The lowest BCUT2D eigenvalue weighted by atomic mass is 9.91. The molecule has 10 heteroatoms. The van der Waals surface area contributed by atoms with Gasteiger partial charge in [0, 0.05) is 23.9 Å². The van der Waals surface area contributed by atoms with Gasteiger partial charge >= 0.3 is 11.9 Å². The molecular weight excluding hydrogens is 567 g/mol. The molecule has 4 aromatic rings. The number of benzene rings is 3. The van der Waals surface area contributed by atoms with Crippen molar-refractivity contribution in [1.29, 1.82) is 0 Å². The SMILES string of the molecule is COc1cccc(CCc2ccccc2OCC(CN2CCC(c3noc4cc(F)ccc34)CC2)OC(=O)CCC(=O)O)c1. The molecule has 1 unspecified atom stereocenters. The summed E-state index contributed by atoms with van der Waals surface area (Å²) in [5, 5.41) is 14.1. The molecule has 0 bridgehead atoms. The predicted molar refractivity (Wildman–Crippen MR) is 161 cm³/mol. The third-order valence-electron chi connectivity index (χ3n) is 7.95. The summed E-state index contributed by atoms with van der Waals surface area (Å²) in [6.45, 7) is 2.05. The van der Waals surface area contributed by atoms with E-state index in [-0.39, 0.29) is 31.2 Å². The van der Waals surface area contributed by atoms with E-state index in [1.807, 2.05) is 42.5 Å². The molecule has 1 fully saturated rings. The zero-order valence-electron chi connectivity index (χ0n) is 24.7. The molecule has 1 aromatic heterocycles. The van der Waals surface area contributed by atoms with E-state index in [9.17, 15) is 14.0 Å². The van der Waals surface area contributed by atoms with Gasteiger partial charge in [-0.25, -0.2) is 4.39 Å². The van der Waals surface area contributed by atoms with E-state index in [0.29, 0.717) is 12.1 Å². The first-order valence-electron chi connectivity index (χ1n) is 14.9. The third-order valence-corrected chi connectivity index (χ3v) is 7.95. The molecular formula is C34H37FN2O7. The van der Waals surface area contributed by atoms with E-state index < -0.39 is 18.0 Å². The number of aryl methyl sites for hydroxylation is 2. The van der Waals surface area contributed by atoms with E-state index in [1.54, 1.807) is 13.2 Å². The molecule has 44 heavy (non-hydrogen) atoms. The molecule has 0 saturated carbocycles. The number of likely N-dealkylation sites (tertiary alicyclic amines) is 1. The number of hydrogen-bond donors (Lipinski definition) is 1. The van der Waals surface area contributed by atoms with Crippen molar-refractivity contribution in [2.45, 2.75) is 50.5 Å². The Bertz CT molecular complexity index is 1560. The Morgan fingerprint density at radius 3 is 2.66 bits per heavy atom. The van der Waals surface area contributed by atoms with Crippen molar-refractivity contribution in [3.8, 4) is 11.5 Å². The summed E-state index contributed by atoms with van der Waals surface area (Å²) in [7, 11) is 1.65. The first-order valence-corrected chi connectivity index (χ1v) is 14.9. The normalized spacial score (nSPS) is 14.8. The molecule has 0 amide bonds. The van der Waals surface area contributed by atoms with Crippen LogP contribution in [0.5, 0.6) is 11.5 Å². The van der Waals surface area contributed by atoms with Gasteiger partial charge in [-0.1, -0.05) is 35.5 Å². The number of carboxylic acids is 1. The van der Waals surface area contributed by atoms with Crippen LogP contribution in [0.15, 0.2) is 71.3 Å². The minimum atomic E-state index is -1.05. The summed E-state index contributed by atoms with van der Waals surface area (Å²) in [5.74, 6) is -0.278. The number of aromatic nitrogens is 1. The second-order valence-corrected chi connectivity index (χ2v) is 11.1. The number of rotatable bonds is 14. The molecule has 2 heterocycles. The largest absolute Gasteiger partial charge is 0.497 e. The van der Waals surface area contributed by atoms with Gasteiger partial charge in [0.05, 0.1) is 25.6 Å². The van der Waals surface area contributed by atoms with Crippen LogP contribution < -0.4 is 9.47 Å². The Labute approximate surface area is 255 Å². The second-order valence-electron chi connectivity index (χ2n) is 11.1. The standard InChI is InChI=1S/C34H37FN2O7/c1-41-27-7-4-5-23(19-27)9-10-24-6-2-3-8-30(24)42-22-28(43-33(40)14-13-32(38)39)21-37-17-15-25(16-18-37)34-29-12-11-26(35)20-31(29)44-36-34/h2-8,11-12,19-20,25,28H,9-10,13-18,21-22H2,1H3,(H,38,39). The average molecular weight is 605 g/mol. The van der Waals surface area contributed by atoms with E-state index in [2.05, 4.69) is 16.1 Å². The first-order chi connectivity index (χ1) is 21.4. The van der Waals surface area contributed by atoms with E-state index >= 15 is 0 Å². The summed E-state index contributed by atoms with van der Waals surface area (Å²) in [4.78, 5) is 25.7. The van der Waals surface area contributed by atoms with Crippen LogP contribution in [0.25, 0.3) is 11.0 Å². The molecule has 0 spiro atoms. The van der Waals surface area contributed by atoms with Crippen LogP contribution in [-0.2, 0) is 27.2 Å². The molecule has 1 N–H and O–H groups in total. The molecule has 1 aliphatic rings. The van der Waals surface area contributed by atoms with Gasteiger partial charge in [0.1, 0.15) is 30.0 Å². The van der Waals surface area contributed by atoms with Crippen molar-refractivity contribution in [3.05, 3.63) is 89.4 Å². The quantitative estimate of drug-likeness (QED) is 0.179. The summed E-state index contributed by atoms with van der Waals surface area (Å²) in [6, 6.07) is 20.2. The van der Waals surface area contributed by atoms with Crippen molar-refractivity contribution < 1.29 is 37.8 Å². The number of esters is 1. The maximum atomic E-state index is 13.6. The highest BCUT2D eigenvalue weighted by atomic mass is 19.1. The number of methoxy groups -OCH3 is 1. The minimum Gasteiger partial charge on any atom is -0.497 e. The molecule has 1 atom stereocenters. The van der Waals surface area contributed by atoms with Gasteiger partial charge in [-0.2, -0.15) is 0 Å². The fourth-order valence-electron chi connectivity index (χ4n) is 5.62. The number of aliphatic carboxylic acids is 1. The van der Waals surface area contributed by atoms with Crippen LogP contribution >= 0.6 is 0 Å². The van der Waals surface area contributed by atoms with Crippen LogP contribution in [0.2, 0.25) is 0 Å². The highest BCUT2D eigenvalue weighted by molar-refractivity contribution is 5.80.